The SMILES string of the molecule is Cc1cn(-c2ccccc2C(C)C)nc1N. The van der Waals surface area contributed by atoms with Crippen molar-refractivity contribution in [3.8, 4) is 5.69 Å². The van der Waals surface area contributed by atoms with Crippen LogP contribution in [0.1, 0.15) is 30.9 Å². The number of nitrogens with two attached hydrogens (primary N) is 1. The number of nitrogen functional groups attached to an aromatic ring is 1. The molecule has 0 atom stereocenters. The first-order chi connectivity index (χ1) is 7.59. The number of nitrogens with zero attached hydrogens (tertiary/aromatic N) is 2. The van der Waals surface area contributed by atoms with E-state index in [1.54, 1.807) is 0 Å². The molecule has 0 bridgehead atoms. The van der Waals surface area contributed by atoms with Crippen LogP contribution in [0.2, 0.25) is 0 Å². The lowest BCUT2D eigenvalue weighted by molar-refractivity contribution is 0.810. The maximum Gasteiger partial charge on any atom is 0.148 e. The van der Waals surface area contributed by atoms with Gasteiger partial charge in [0.05, 0.1) is 5.69 Å². The van der Waals surface area contributed by atoms with Crippen LogP contribution in [0.25, 0.3) is 5.69 Å². The molecule has 1 heterocycles. The van der Waals surface area contributed by atoms with Gasteiger partial charge in [0.1, 0.15) is 5.82 Å². The summed E-state index contributed by atoms with van der Waals surface area (Å²) in [5, 5.41) is 4.32. The molecule has 0 aliphatic heterocycles. The molecule has 0 spiro atoms. The van der Waals surface area contributed by atoms with Gasteiger partial charge < -0.3 is 5.73 Å². The zero-order chi connectivity index (χ0) is 11.7. The highest BCUT2D eigenvalue weighted by Gasteiger charge is 2.09. The molecule has 0 saturated heterocycles. The number of hydrogen-bond acceptors (Lipinski definition) is 2. The minimum Gasteiger partial charge on any atom is -0.382 e. The van der Waals surface area contributed by atoms with Gasteiger partial charge in [0, 0.05) is 11.8 Å². The predicted molar refractivity (Wildman–Crippen MR) is 66.8 cm³/mol. The molecule has 1 aromatic heterocycles. The van der Waals surface area contributed by atoms with Crippen LogP contribution in [-0.2, 0) is 0 Å². The molecule has 2 rings (SSSR count). The van der Waals surface area contributed by atoms with E-state index >= 15 is 0 Å². The Morgan fingerprint density at radius 2 is 1.94 bits per heavy atom. The quantitative estimate of drug-likeness (QED) is 0.837. The third-order valence-electron chi connectivity index (χ3n) is 2.74. The van der Waals surface area contributed by atoms with Gasteiger partial charge in [-0.3, -0.25) is 0 Å². The van der Waals surface area contributed by atoms with E-state index in [1.165, 1.54) is 5.56 Å². The second-order valence-corrected chi connectivity index (χ2v) is 4.36. The number of hydrogen-bond donors (Lipinski definition) is 1. The van der Waals surface area contributed by atoms with E-state index in [1.807, 2.05) is 23.9 Å². The largest absolute Gasteiger partial charge is 0.382 e. The van der Waals surface area contributed by atoms with Crippen LogP contribution in [0.3, 0.4) is 0 Å². The second-order valence-electron chi connectivity index (χ2n) is 4.36. The van der Waals surface area contributed by atoms with Crippen LogP contribution in [0.4, 0.5) is 5.82 Å². The Bertz CT molecular complexity index is 478. The van der Waals surface area contributed by atoms with Crippen molar-refractivity contribution >= 4 is 5.82 Å². The highest BCUT2D eigenvalue weighted by molar-refractivity contribution is 5.46. The van der Waals surface area contributed by atoms with Crippen LogP contribution in [-0.4, -0.2) is 9.78 Å². The molecule has 2 aromatic rings. The molecule has 0 amide bonds. The molecule has 0 fully saturated rings. The average molecular weight is 215 g/mol. The third-order valence-corrected chi connectivity index (χ3v) is 2.74. The fraction of sp³-hybridized carbons (Fsp3) is 0.308. The first-order valence-corrected chi connectivity index (χ1v) is 5.50. The smallest absolute Gasteiger partial charge is 0.148 e. The third kappa shape index (κ3) is 1.81. The lowest BCUT2D eigenvalue weighted by Gasteiger charge is -2.11. The van der Waals surface area contributed by atoms with Crippen molar-refractivity contribution < 1.29 is 0 Å². The fourth-order valence-electron chi connectivity index (χ4n) is 1.78. The van der Waals surface area contributed by atoms with Crippen molar-refractivity contribution in [2.24, 2.45) is 0 Å². The molecule has 0 radical (unpaired) electrons. The minimum absolute atomic E-state index is 0.474. The van der Waals surface area contributed by atoms with E-state index in [4.69, 9.17) is 5.73 Å². The average Bonchev–Trinajstić information content (AvgIpc) is 2.59. The summed E-state index contributed by atoms with van der Waals surface area (Å²) < 4.78 is 1.86. The summed E-state index contributed by atoms with van der Waals surface area (Å²) in [5.74, 6) is 1.07. The van der Waals surface area contributed by atoms with Crippen LogP contribution in [0.15, 0.2) is 30.5 Å². The summed E-state index contributed by atoms with van der Waals surface area (Å²) in [5.41, 5.74) is 9.18. The first-order valence-electron chi connectivity index (χ1n) is 5.50. The van der Waals surface area contributed by atoms with E-state index in [-0.39, 0.29) is 0 Å². The van der Waals surface area contributed by atoms with Gasteiger partial charge in [-0.2, -0.15) is 5.10 Å². The summed E-state index contributed by atoms with van der Waals surface area (Å²) in [4.78, 5) is 0. The molecule has 3 nitrogen and oxygen atoms in total. The van der Waals surface area contributed by atoms with Gasteiger partial charge in [0.25, 0.3) is 0 Å². The number of benzene rings is 1. The number of aromatic nitrogens is 2. The molecule has 3 heteroatoms. The lowest BCUT2D eigenvalue weighted by Crippen LogP contribution is -2.02. The first kappa shape index (κ1) is 10.7. The molecular formula is C13H17N3. The van der Waals surface area contributed by atoms with Crippen molar-refractivity contribution in [3.05, 3.63) is 41.6 Å². The van der Waals surface area contributed by atoms with Crippen molar-refractivity contribution in [1.29, 1.82) is 0 Å². The zero-order valence-corrected chi connectivity index (χ0v) is 9.94. The Hall–Kier alpha value is -1.77. The summed E-state index contributed by atoms with van der Waals surface area (Å²) >= 11 is 0. The number of para-hydroxylation sites is 1. The topological polar surface area (TPSA) is 43.8 Å². The monoisotopic (exact) mass is 215 g/mol. The van der Waals surface area contributed by atoms with Crippen LogP contribution in [0, 0.1) is 6.92 Å². The fourth-order valence-corrected chi connectivity index (χ4v) is 1.78. The maximum atomic E-state index is 5.77. The summed E-state index contributed by atoms with van der Waals surface area (Å²) in [6.45, 7) is 6.33. The molecule has 0 saturated carbocycles. The Labute approximate surface area is 95.9 Å². The van der Waals surface area contributed by atoms with Gasteiger partial charge in [-0.15, -0.1) is 0 Å². The molecule has 0 aliphatic rings. The highest BCUT2D eigenvalue weighted by Crippen LogP contribution is 2.23. The Kier molecular flexibility index (Phi) is 2.69. The van der Waals surface area contributed by atoms with Crippen molar-refractivity contribution in [2.45, 2.75) is 26.7 Å². The van der Waals surface area contributed by atoms with E-state index in [0.29, 0.717) is 11.7 Å². The number of aryl methyl sites for hydroxylation is 1. The molecule has 0 unspecified atom stereocenters. The van der Waals surface area contributed by atoms with Gasteiger partial charge in [0.15, 0.2) is 0 Å². The van der Waals surface area contributed by atoms with Crippen LogP contribution >= 0.6 is 0 Å². The van der Waals surface area contributed by atoms with E-state index in [9.17, 15) is 0 Å². The zero-order valence-electron chi connectivity index (χ0n) is 9.94. The molecule has 1 aromatic carbocycles. The molecule has 0 aliphatic carbocycles. The summed E-state index contributed by atoms with van der Waals surface area (Å²) in [6.07, 6.45) is 1.97. The van der Waals surface area contributed by atoms with E-state index in [0.717, 1.165) is 11.3 Å². The van der Waals surface area contributed by atoms with Gasteiger partial charge in [-0.05, 0) is 24.5 Å². The Balaban J connectivity index is 2.55. The lowest BCUT2D eigenvalue weighted by atomic mass is 10.0. The second kappa shape index (κ2) is 4.00. The molecule has 84 valence electrons. The van der Waals surface area contributed by atoms with Crippen LogP contribution in [0.5, 0.6) is 0 Å². The van der Waals surface area contributed by atoms with Crippen molar-refractivity contribution in [1.82, 2.24) is 9.78 Å². The van der Waals surface area contributed by atoms with E-state index in [2.05, 4.69) is 37.1 Å². The van der Waals surface area contributed by atoms with Crippen molar-refractivity contribution in [3.63, 3.8) is 0 Å². The predicted octanol–water partition coefficient (Wildman–Crippen LogP) is 2.89. The minimum atomic E-state index is 0.474. The van der Waals surface area contributed by atoms with Gasteiger partial charge in [0.2, 0.25) is 0 Å². The summed E-state index contributed by atoms with van der Waals surface area (Å²) in [6, 6.07) is 8.28. The molecule has 2 N–H and O–H groups in total. The van der Waals surface area contributed by atoms with Gasteiger partial charge in [-0.1, -0.05) is 32.0 Å². The van der Waals surface area contributed by atoms with Gasteiger partial charge in [-0.25, -0.2) is 4.68 Å². The summed E-state index contributed by atoms with van der Waals surface area (Å²) in [7, 11) is 0. The highest BCUT2D eigenvalue weighted by atomic mass is 15.3. The standard InChI is InChI=1S/C13H17N3/c1-9(2)11-6-4-5-7-12(11)16-8-10(3)13(14)15-16/h4-9H,1-3H3,(H2,14,15). The van der Waals surface area contributed by atoms with Gasteiger partial charge >= 0.3 is 0 Å². The van der Waals surface area contributed by atoms with Crippen molar-refractivity contribution in [2.75, 3.05) is 5.73 Å². The normalized spacial score (nSPS) is 11.0. The Morgan fingerprint density at radius 3 is 2.50 bits per heavy atom. The molecule has 16 heavy (non-hydrogen) atoms. The molecular weight excluding hydrogens is 198 g/mol. The Morgan fingerprint density at radius 1 is 1.25 bits per heavy atom. The van der Waals surface area contributed by atoms with E-state index < -0.39 is 0 Å². The number of rotatable bonds is 2. The number of anilines is 1. The van der Waals surface area contributed by atoms with Crippen LogP contribution < -0.4 is 5.73 Å². The maximum absolute atomic E-state index is 5.77.